The number of phenolic OH excluding ortho intramolecular Hbond substituents is 1. The minimum Gasteiger partial charge on any atom is -0.506 e. The number of H-pyrrole nitrogens is 1. The summed E-state index contributed by atoms with van der Waals surface area (Å²) >= 11 is 0. The van der Waals surface area contributed by atoms with Crippen LogP contribution in [0.25, 0.3) is 22.0 Å². The highest BCUT2D eigenvalue weighted by Crippen LogP contribution is 2.32. The molecule has 0 bridgehead atoms. The molecule has 0 saturated carbocycles. The van der Waals surface area contributed by atoms with Crippen LogP contribution in [0, 0.1) is 0 Å². The number of hydrogen-bond donors (Lipinski definition) is 4. The average Bonchev–Trinajstić information content (AvgIpc) is 3.24. The van der Waals surface area contributed by atoms with E-state index in [9.17, 15) is 29.4 Å². The fourth-order valence-electron chi connectivity index (χ4n) is 7.68. The van der Waals surface area contributed by atoms with Gasteiger partial charge in [-0.2, -0.15) is 0 Å². The van der Waals surface area contributed by atoms with Crippen LogP contribution in [-0.2, 0) is 27.2 Å². The highest BCUT2D eigenvalue weighted by atomic mass is 16.6. The van der Waals surface area contributed by atoms with Gasteiger partial charge in [-0.3, -0.25) is 19.7 Å². The van der Waals surface area contributed by atoms with Crippen LogP contribution in [0.4, 0.5) is 10.5 Å². The molecule has 12 heteroatoms. The summed E-state index contributed by atoms with van der Waals surface area (Å²) in [5, 5.41) is 24.6. The van der Waals surface area contributed by atoms with Crippen molar-refractivity contribution in [3.63, 3.8) is 0 Å². The molecule has 6 rings (SSSR count). The van der Waals surface area contributed by atoms with Crippen molar-refractivity contribution in [2.24, 2.45) is 0 Å². The highest BCUT2D eigenvalue weighted by Gasteiger charge is 2.24. The molecule has 12 nitrogen and oxygen atoms in total. The molecule has 2 amide bonds. The molecule has 2 heterocycles. The third kappa shape index (κ3) is 11.8. The quantitative estimate of drug-likeness (QED) is 0.0707. The first-order valence-electron chi connectivity index (χ1n) is 20.4. The van der Waals surface area contributed by atoms with E-state index in [1.165, 1.54) is 12.1 Å². The third-order valence-corrected chi connectivity index (χ3v) is 11.0. The number of hydrogen-bond acceptors (Lipinski definition) is 9. The van der Waals surface area contributed by atoms with Crippen LogP contribution >= 0.6 is 0 Å². The van der Waals surface area contributed by atoms with E-state index in [2.05, 4.69) is 15.2 Å². The number of para-hydroxylation sites is 1. The Morgan fingerprint density at radius 1 is 0.932 bits per heavy atom. The first-order chi connectivity index (χ1) is 28.6. The van der Waals surface area contributed by atoms with Gasteiger partial charge < -0.3 is 34.5 Å². The number of aromatic amines is 1. The Balaban J connectivity index is 0.861. The molecular weight excluding hydrogens is 749 g/mol. The molecule has 0 unspecified atom stereocenters. The summed E-state index contributed by atoms with van der Waals surface area (Å²) < 4.78 is 11.4. The summed E-state index contributed by atoms with van der Waals surface area (Å²) in [6.45, 7) is 2.59. The van der Waals surface area contributed by atoms with Crippen molar-refractivity contribution in [2.45, 2.75) is 70.0 Å². The number of aliphatic hydroxyl groups excluding tert-OH is 1. The van der Waals surface area contributed by atoms with E-state index < -0.39 is 12.2 Å². The Kier molecular flexibility index (Phi) is 14.9. The number of anilines is 1. The molecule has 1 atom stereocenters. The van der Waals surface area contributed by atoms with E-state index in [1.807, 2.05) is 72.8 Å². The number of likely N-dealkylation sites (tertiary alicyclic amines) is 1. The number of carbonyl (C=O) groups excluding carboxylic acids is 3. The Hall–Kier alpha value is -5.98. The number of nitrogens with one attached hydrogen (secondary N) is 2. The molecule has 0 aliphatic carbocycles. The van der Waals surface area contributed by atoms with Crippen LogP contribution in [0.15, 0.2) is 102 Å². The van der Waals surface area contributed by atoms with Crippen molar-refractivity contribution >= 4 is 34.4 Å². The Bertz CT molecular complexity index is 2270. The van der Waals surface area contributed by atoms with Crippen molar-refractivity contribution in [1.82, 2.24) is 14.8 Å². The molecule has 1 aliphatic heterocycles. The van der Waals surface area contributed by atoms with Crippen LogP contribution in [0.5, 0.6) is 11.5 Å². The second-order valence-corrected chi connectivity index (χ2v) is 15.2. The van der Waals surface area contributed by atoms with Gasteiger partial charge in [0.15, 0.2) is 0 Å². The molecule has 1 aliphatic rings. The summed E-state index contributed by atoms with van der Waals surface area (Å²) in [5.74, 6) is 0.697. The second kappa shape index (κ2) is 20.6. The third-order valence-electron chi connectivity index (χ3n) is 11.0. The van der Waals surface area contributed by atoms with Gasteiger partial charge in [-0.1, -0.05) is 66.7 Å². The average molecular weight is 803 g/mol. The number of benzene rings is 4. The number of Topliss-reactive ketones (excluding diaryl/α,β-unsaturated/α-hetero) is 1. The van der Waals surface area contributed by atoms with Crippen LogP contribution in [-0.4, -0.2) is 89.2 Å². The summed E-state index contributed by atoms with van der Waals surface area (Å²) in [5.41, 5.74) is 5.09. The zero-order chi connectivity index (χ0) is 41.7. The summed E-state index contributed by atoms with van der Waals surface area (Å²) in [7, 11) is 3.36. The molecule has 0 radical (unpaired) electrons. The molecule has 1 fully saturated rings. The van der Waals surface area contributed by atoms with Gasteiger partial charge in [0, 0.05) is 75.1 Å². The molecule has 4 aromatic carbocycles. The molecule has 59 heavy (non-hydrogen) atoms. The van der Waals surface area contributed by atoms with Gasteiger partial charge in [0.1, 0.15) is 23.4 Å². The maximum absolute atomic E-state index is 13.0. The van der Waals surface area contributed by atoms with Gasteiger partial charge >= 0.3 is 6.09 Å². The van der Waals surface area contributed by atoms with Crippen molar-refractivity contribution in [3.05, 3.63) is 124 Å². The number of pyridine rings is 1. The molecule has 0 spiro atoms. The number of amides is 2. The van der Waals surface area contributed by atoms with Crippen molar-refractivity contribution in [1.29, 1.82) is 0 Å². The van der Waals surface area contributed by atoms with Crippen molar-refractivity contribution in [2.75, 3.05) is 45.7 Å². The number of nitrogens with zero attached hydrogens (tertiary/aromatic N) is 2. The van der Waals surface area contributed by atoms with Crippen LogP contribution < -0.4 is 15.6 Å². The number of ketones is 1. The normalized spacial score (nSPS) is 13.8. The van der Waals surface area contributed by atoms with E-state index in [0.717, 1.165) is 35.3 Å². The number of aryl methyl sites for hydroxylation is 1. The van der Waals surface area contributed by atoms with Crippen molar-refractivity contribution in [3.8, 4) is 22.6 Å². The number of phenols is 1. The maximum Gasteiger partial charge on any atom is 0.411 e. The zero-order valence-electron chi connectivity index (χ0n) is 33.8. The van der Waals surface area contributed by atoms with Crippen LogP contribution in [0.3, 0.4) is 0 Å². The minimum atomic E-state index is -0.779. The van der Waals surface area contributed by atoms with Gasteiger partial charge in [0.25, 0.3) is 0 Å². The highest BCUT2D eigenvalue weighted by molar-refractivity contribution is 5.91. The zero-order valence-corrected chi connectivity index (χ0v) is 33.8. The van der Waals surface area contributed by atoms with E-state index >= 15 is 0 Å². The summed E-state index contributed by atoms with van der Waals surface area (Å²) in [6, 6.07) is 29.5. The lowest BCUT2D eigenvalue weighted by Crippen LogP contribution is -2.40. The molecule has 1 saturated heterocycles. The number of aromatic hydroxyl groups is 1. The Morgan fingerprint density at radius 2 is 1.69 bits per heavy atom. The van der Waals surface area contributed by atoms with Gasteiger partial charge in [-0.05, 0) is 79.5 Å². The predicted molar refractivity (Wildman–Crippen MR) is 229 cm³/mol. The fourth-order valence-corrected chi connectivity index (χ4v) is 7.68. The standard InChI is InChI=1S/C47H54N4O8/c1-50(45(56)25-29-51-27-23-36(24-28-51)59-47(57)48-40-15-7-6-14-37(40)33-11-4-3-5-12-33)26-9-13-35(52)31-34-18-17-32(30-43(34)58-2)10-8-16-41(53)38-19-21-42(54)46-39(38)20-22-44(55)49-46/h3-7,11-12,14-15,17-22,30,36,41,53-54H,8-10,13,16,23-29,31H2,1-2H3,(H,48,57)(H,49,55)/t41-/m0/s1. The minimum absolute atomic E-state index is 0.0322. The van der Waals surface area contributed by atoms with Crippen LogP contribution in [0.2, 0.25) is 0 Å². The van der Waals surface area contributed by atoms with Gasteiger partial charge in [-0.15, -0.1) is 0 Å². The molecule has 1 aromatic heterocycles. The largest absolute Gasteiger partial charge is 0.506 e. The van der Waals surface area contributed by atoms with E-state index in [4.69, 9.17) is 9.47 Å². The summed E-state index contributed by atoms with van der Waals surface area (Å²) in [6.07, 6.45) is 3.32. The lowest BCUT2D eigenvalue weighted by molar-refractivity contribution is -0.130. The maximum atomic E-state index is 13.0. The predicted octanol–water partition coefficient (Wildman–Crippen LogP) is 7.42. The number of carbonyl (C=O) groups is 3. The number of aliphatic hydroxyl groups is 1. The lowest BCUT2D eigenvalue weighted by atomic mass is 9.96. The Labute approximate surface area is 344 Å². The second-order valence-electron chi connectivity index (χ2n) is 15.2. The number of methoxy groups -OCH3 is 1. The number of ether oxygens (including phenoxy) is 2. The Morgan fingerprint density at radius 3 is 2.47 bits per heavy atom. The van der Waals surface area contributed by atoms with Gasteiger partial charge in [-0.25, -0.2) is 4.79 Å². The SMILES string of the molecule is COc1cc(CCC[C@H](O)c2ccc(O)c3[nH]c(=O)ccc23)ccc1CC(=O)CCCN(C)C(=O)CCN1CCC(OC(=O)Nc2ccccc2-c2ccccc2)CC1. The first-order valence-corrected chi connectivity index (χ1v) is 20.4. The number of fused-ring (bicyclic) bond motifs is 1. The van der Waals surface area contributed by atoms with E-state index in [-0.39, 0.29) is 35.5 Å². The van der Waals surface area contributed by atoms with Gasteiger partial charge in [0.05, 0.1) is 24.4 Å². The topological polar surface area (TPSA) is 161 Å². The van der Waals surface area contributed by atoms with E-state index in [1.54, 1.807) is 31.2 Å². The van der Waals surface area contributed by atoms with Gasteiger partial charge in [0.2, 0.25) is 11.5 Å². The smallest absolute Gasteiger partial charge is 0.411 e. The molecular formula is C47H54N4O8. The van der Waals surface area contributed by atoms with Crippen molar-refractivity contribution < 1.29 is 34.1 Å². The van der Waals surface area contributed by atoms with E-state index in [0.29, 0.717) is 92.4 Å². The first kappa shape index (κ1) is 42.6. The number of rotatable bonds is 18. The monoisotopic (exact) mass is 802 g/mol. The van der Waals surface area contributed by atoms with Crippen LogP contribution in [0.1, 0.15) is 67.7 Å². The lowest BCUT2D eigenvalue weighted by Gasteiger charge is -2.31. The summed E-state index contributed by atoms with van der Waals surface area (Å²) in [4.78, 5) is 56.9. The molecule has 5 aromatic rings. The number of aromatic nitrogens is 1. The fraction of sp³-hybridized carbons (Fsp3) is 0.362. The number of piperidine rings is 1. The molecule has 310 valence electrons. The molecule has 4 N–H and O–H groups in total.